The molecule has 11 aromatic rings. The van der Waals surface area contributed by atoms with Crippen molar-refractivity contribution in [2.24, 2.45) is 0 Å². The van der Waals surface area contributed by atoms with Crippen LogP contribution in [0.1, 0.15) is 83.2 Å². The molecule has 1 aliphatic carbocycles. The summed E-state index contributed by atoms with van der Waals surface area (Å²) in [5.74, 6) is 1.95. The molecule has 0 unspecified atom stereocenters. The van der Waals surface area contributed by atoms with E-state index in [0.29, 0.717) is 0 Å². The maximum atomic E-state index is 7.32. The highest BCUT2D eigenvalue weighted by Gasteiger charge is 2.46. The van der Waals surface area contributed by atoms with Gasteiger partial charge in [0.25, 0.3) is 6.71 Å². The van der Waals surface area contributed by atoms with E-state index in [4.69, 9.17) is 4.74 Å². The summed E-state index contributed by atoms with van der Waals surface area (Å²) in [6.45, 7) is 20.8. The minimum atomic E-state index is -0.107. The molecule has 330 valence electrons. The molecule has 0 atom stereocenters. The molecular formula is C62H51BN2OS2. The Balaban J connectivity index is 1.15. The van der Waals surface area contributed by atoms with Crippen LogP contribution in [-0.2, 0) is 16.2 Å². The number of thiophene rings is 2. The number of anilines is 3. The maximum Gasteiger partial charge on any atom is 0.269 e. The molecule has 0 saturated carbocycles. The Labute approximate surface area is 406 Å². The summed E-state index contributed by atoms with van der Waals surface area (Å²) in [7, 11) is 0. The van der Waals surface area contributed by atoms with E-state index >= 15 is 0 Å². The van der Waals surface area contributed by atoms with Crippen LogP contribution in [0, 0.1) is 6.92 Å². The van der Waals surface area contributed by atoms with Crippen molar-refractivity contribution in [2.45, 2.75) is 78.6 Å². The Kier molecular flexibility index (Phi) is 8.07. The van der Waals surface area contributed by atoms with E-state index < -0.39 is 0 Å². The molecule has 0 amide bonds. The van der Waals surface area contributed by atoms with Crippen LogP contribution < -0.4 is 25.3 Å². The quantitative estimate of drug-likeness (QED) is 0.161. The Bertz CT molecular complexity index is 4020. The zero-order valence-corrected chi connectivity index (χ0v) is 41.7. The summed E-state index contributed by atoms with van der Waals surface area (Å²) in [4.78, 5) is 2.59. The highest BCUT2D eigenvalue weighted by Crippen LogP contribution is 2.55. The Morgan fingerprint density at radius 3 is 2.09 bits per heavy atom. The van der Waals surface area contributed by atoms with Crippen LogP contribution >= 0.6 is 22.7 Å². The van der Waals surface area contributed by atoms with E-state index in [9.17, 15) is 0 Å². The van der Waals surface area contributed by atoms with Gasteiger partial charge in [-0.1, -0.05) is 140 Å². The third kappa shape index (κ3) is 5.36. The standard InChI is InChI=1S/C62H51BN2OS2/c1-34-30-47-55-49(31-34)66-57-41-32-36(61(5,6)7)24-29-51(41)68-59(57)63(55)44-33-48(58-54(40-18-12-15-21-50(40)67-58)56(44)64(47)37-25-22-35(23-26-37)60(2,3)4)65-45-20-14-11-17-39(45)53-46(65)28-27-43-52(53)38-16-10-13-19-42(38)62(43,8)9/h10-33H,1-9H3. The largest absolute Gasteiger partial charge is 0.457 e. The Hall–Kier alpha value is -6.60. The average molecular weight is 915 g/mol. The number of aryl methyl sites for hydroxylation is 1. The maximum absolute atomic E-state index is 7.32. The molecule has 0 fully saturated rings. The number of ether oxygens (including phenoxy) is 1. The van der Waals surface area contributed by atoms with Gasteiger partial charge in [-0.15, -0.1) is 22.7 Å². The number of aromatic nitrogens is 1. The normalized spacial score (nSPS) is 14.7. The molecule has 8 aromatic carbocycles. The number of hydrogen-bond donors (Lipinski definition) is 0. The van der Waals surface area contributed by atoms with Gasteiger partial charge in [0.05, 0.1) is 27.1 Å². The molecule has 3 aromatic heterocycles. The van der Waals surface area contributed by atoms with E-state index in [1.165, 1.54) is 124 Å². The molecule has 3 aliphatic rings. The van der Waals surface area contributed by atoms with Crippen LogP contribution in [0.2, 0.25) is 0 Å². The molecule has 2 aliphatic heterocycles. The van der Waals surface area contributed by atoms with Gasteiger partial charge in [0.1, 0.15) is 11.5 Å². The molecule has 0 saturated heterocycles. The Morgan fingerprint density at radius 1 is 0.588 bits per heavy atom. The van der Waals surface area contributed by atoms with Crippen LogP contribution in [0.5, 0.6) is 11.5 Å². The summed E-state index contributed by atoms with van der Waals surface area (Å²) < 4.78 is 15.1. The second kappa shape index (κ2) is 13.6. The predicted octanol–water partition coefficient (Wildman–Crippen LogP) is 16.0. The van der Waals surface area contributed by atoms with E-state index in [1.807, 2.05) is 22.7 Å². The lowest BCUT2D eigenvalue weighted by atomic mass is 9.36. The van der Waals surface area contributed by atoms with Gasteiger partial charge in [0.2, 0.25) is 0 Å². The first-order valence-corrected chi connectivity index (χ1v) is 25.7. The lowest BCUT2D eigenvalue weighted by Gasteiger charge is -2.40. The van der Waals surface area contributed by atoms with E-state index in [0.717, 1.165) is 17.2 Å². The van der Waals surface area contributed by atoms with Crippen LogP contribution in [0.4, 0.5) is 17.1 Å². The van der Waals surface area contributed by atoms with Crippen LogP contribution in [0.25, 0.3) is 68.9 Å². The summed E-state index contributed by atoms with van der Waals surface area (Å²) in [5.41, 5.74) is 19.1. The molecule has 0 bridgehead atoms. The summed E-state index contributed by atoms with van der Waals surface area (Å²) in [5, 5.41) is 6.41. The summed E-state index contributed by atoms with van der Waals surface area (Å²) >= 11 is 3.83. The lowest BCUT2D eigenvalue weighted by molar-refractivity contribution is 0.494. The molecule has 6 heteroatoms. The predicted molar refractivity (Wildman–Crippen MR) is 295 cm³/mol. The summed E-state index contributed by atoms with van der Waals surface area (Å²) in [6.07, 6.45) is 0. The van der Waals surface area contributed by atoms with Gasteiger partial charge in [0.15, 0.2) is 0 Å². The van der Waals surface area contributed by atoms with Crippen molar-refractivity contribution in [1.29, 1.82) is 0 Å². The molecule has 68 heavy (non-hydrogen) atoms. The fourth-order valence-electron chi connectivity index (χ4n) is 12.2. The van der Waals surface area contributed by atoms with Crippen molar-refractivity contribution >= 4 is 114 Å². The van der Waals surface area contributed by atoms with Crippen molar-refractivity contribution < 1.29 is 4.74 Å². The molecular weight excluding hydrogens is 864 g/mol. The van der Waals surface area contributed by atoms with Gasteiger partial charge < -0.3 is 14.2 Å². The number of hydrogen-bond acceptors (Lipinski definition) is 4. The van der Waals surface area contributed by atoms with Crippen molar-refractivity contribution in [2.75, 3.05) is 4.90 Å². The van der Waals surface area contributed by atoms with Gasteiger partial charge in [-0.05, 0) is 128 Å². The third-order valence-electron chi connectivity index (χ3n) is 15.6. The zero-order valence-electron chi connectivity index (χ0n) is 40.1. The fraction of sp³-hybridized carbons (Fsp3) is 0.194. The summed E-state index contributed by atoms with van der Waals surface area (Å²) in [6, 6.07) is 55.9. The second-order valence-corrected chi connectivity index (χ2v) is 24.3. The van der Waals surface area contributed by atoms with Crippen molar-refractivity contribution in [3.63, 3.8) is 0 Å². The minimum Gasteiger partial charge on any atom is -0.457 e. The number of nitrogens with zero attached hydrogens (tertiary/aromatic N) is 2. The highest BCUT2D eigenvalue weighted by atomic mass is 32.1. The van der Waals surface area contributed by atoms with Gasteiger partial charge in [-0.25, -0.2) is 0 Å². The first-order valence-electron chi connectivity index (χ1n) is 24.1. The smallest absolute Gasteiger partial charge is 0.269 e. The van der Waals surface area contributed by atoms with Crippen LogP contribution in [-0.4, -0.2) is 11.3 Å². The number of rotatable bonds is 2. The first-order chi connectivity index (χ1) is 32.7. The topological polar surface area (TPSA) is 17.4 Å². The average Bonchev–Trinajstić information content (AvgIpc) is 4.05. The zero-order chi connectivity index (χ0) is 46.3. The van der Waals surface area contributed by atoms with E-state index in [-0.39, 0.29) is 23.0 Å². The van der Waals surface area contributed by atoms with Crippen molar-refractivity contribution in [1.82, 2.24) is 4.57 Å². The first kappa shape index (κ1) is 40.5. The number of para-hydroxylation sites is 1. The van der Waals surface area contributed by atoms with Crippen LogP contribution in [0.3, 0.4) is 0 Å². The number of fused-ring (bicyclic) bond motifs is 17. The molecule has 0 spiro atoms. The van der Waals surface area contributed by atoms with E-state index in [2.05, 4.69) is 217 Å². The van der Waals surface area contributed by atoms with E-state index in [1.54, 1.807) is 0 Å². The molecule has 5 heterocycles. The molecule has 0 N–H and O–H groups in total. The molecule has 0 radical (unpaired) electrons. The lowest BCUT2D eigenvalue weighted by Crippen LogP contribution is -2.58. The van der Waals surface area contributed by atoms with Crippen molar-refractivity contribution in [3.8, 4) is 28.3 Å². The third-order valence-corrected chi connectivity index (χ3v) is 18.0. The van der Waals surface area contributed by atoms with Gasteiger partial charge in [-0.2, -0.15) is 0 Å². The minimum absolute atomic E-state index is 0.000590. The van der Waals surface area contributed by atoms with Crippen molar-refractivity contribution in [3.05, 3.63) is 173 Å². The monoisotopic (exact) mass is 914 g/mol. The molecule has 14 rings (SSSR count). The van der Waals surface area contributed by atoms with Gasteiger partial charge in [-0.3, -0.25) is 0 Å². The Morgan fingerprint density at radius 2 is 1.29 bits per heavy atom. The molecule has 3 nitrogen and oxygen atoms in total. The SMILES string of the molecule is Cc1cc2c3c(c1)N(c1ccc(C(C)(C)C)cc1)c1c(cc(-n4c5ccccc5c5c6c(ccc54)C(C)(C)c4ccccc4-6)c4sc5ccccc5c14)B3c1sc3ccc(C(C)(C)C)cc3c1O2. The highest BCUT2D eigenvalue weighted by molar-refractivity contribution is 7.33. The second-order valence-electron chi connectivity index (χ2n) is 22.2. The van der Waals surface area contributed by atoms with Gasteiger partial charge in [0, 0.05) is 57.9 Å². The van der Waals surface area contributed by atoms with Gasteiger partial charge >= 0.3 is 0 Å². The van der Waals surface area contributed by atoms with Crippen LogP contribution in [0.15, 0.2) is 146 Å². The fourth-order valence-corrected chi connectivity index (χ4v) is 14.7. The number of benzene rings is 8.